The zero-order chi connectivity index (χ0) is 19.0. The van der Waals surface area contributed by atoms with Crippen molar-refractivity contribution in [3.63, 3.8) is 0 Å². The topological polar surface area (TPSA) is 92.2 Å². The van der Waals surface area contributed by atoms with Crippen LogP contribution in [0.25, 0.3) is 0 Å². The molecule has 1 saturated carbocycles. The highest BCUT2D eigenvalue weighted by Gasteiger charge is 2.53. The molecule has 140 valence electrons. The normalized spacial score (nSPS) is 22.8. The summed E-state index contributed by atoms with van der Waals surface area (Å²) >= 11 is 0. The molecule has 3 atom stereocenters. The highest BCUT2D eigenvalue weighted by molar-refractivity contribution is 5.99. The van der Waals surface area contributed by atoms with Crippen LogP contribution in [-0.2, 0) is 6.54 Å². The van der Waals surface area contributed by atoms with Gasteiger partial charge >= 0.3 is 0 Å². The summed E-state index contributed by atoms with van der Waals surface area (Å²) in [5.41, 5.74) is 0.797. The standard InChI is InChI=1S/C20H22N4O3/c1-21-19(26)14-7-13(18(25)23-17-15-8-22-9-16(15)17)11-24(20(14)27)10-12-5-3-2-4-6-12/h2-7,11,15-17,22H,8-10H2,1H3,(H,21,26)(H,23,25)/t15-,16+,17-. The largest absolute Gasteiger partial charge is 0.355 e. The van der Waals surface area contributed by atoms with E-state index in [9.17, 15) is 14.4 Å². The molecule has 1 aliphatic heterocycles. The summed E-state index contributed by atoms with van der Waals surface area (Å²) < 4.78 is 1.42. The van der Waals surface area contributed by atoms with E-state index in [1.54, 1.807) is 0 Å². The summed E-state index contributed by atoms with van der Waals surface area (Å²) in [6.07, 6.45) is 1.54. The van der Waals surface area contributed by atoms with Crippen LogP contribution in [0.4, 0.5) is 0 Å². The van der Waals surface area contributed by atoms with Gasteiger partial charge in [0, 0.05) is 32.4 Å². The number of nitrogens with zero attached hydrogens (tertiary/aromatic N) is 1. The van der Waals surface area contributed by atoms with E-state index >= 15 is 0 Å². The Hall–Kier alpha value is -2.93. The molecule has 4 rings (SSSR count). The molecule has 7 heteroatoms. The SMILES string of the molecule is CNC(=O)c1cc(C(=O)N[C@@H]2[C@@H]3CNC[C@@H]32)cn(Cc2ccccc2)c1=O. The molecule has 2 fully saturated rings. The minimum Gasteiger partial charge on any atom is -0.355 e. The smallest absolute Gasteiger partial charge is 0.263 e. The van der Waals surface area contributed by atoms with Crippen molar-refractivity contribution in [1.82, 2.24) is 20.5 Å². The van der Waals surface area contributed by atoms with E-state index in [2.05, 4.69) is 16.0 Å². The number of amides is 2. The molecule has 3 N–H and O–H groups in total. The van der Waals surface area contributed by atoms with E-state index in [-0.39, 0.29) is 17.5 Å². The number of pyridine rings is 1. The van der Waals surface area contributed by atoms with Gasteiger partial charge in [0.05, 0.1) is 12.1 Å². The number of benzene rings is 1. The maximum Gasteiger partial charge on any atom is 0.263 e. The second kappa shape index (κ2) is 7.00. The minimum absolute atomic E-state index is 0.0289. The Bertz CT molecular complexity index is 928. The van der Waals surface area contributed by atoms with Crippen molar-refractivity contribution in [2.24, 2.45) is 11.8 Å². The van der Waals surface area contributed by atoms with E-state index in [0.717, 1.165) is 18.7 Å². The number of hydrogen-bond acceptors (Lipinski definition) is 4. The van der Waals surface area contributed by atoms with E-state index in [1.165, 1.54) is 23.9 Å². The molecular formula is C20H22N4O3. The van der Waals surface area contributed by atoms with Crippen LogP contribution in [-0.4, -0.2) is 42.6 Å². The molecule has 1 aliphatic carbocycles. The quantitative estimate of drug-likeness (QED) is 0.705. The van der Waals surface area contributed by atoms with Crippen molar-refractivity contribution in [3.05, 3.63) is 69.6 Å². The Labute approximate surface area is 156 Å². The van der Waals surface area contributed by atoms with Crippen molar-refractivity contribution in [2.45, 2.75) is 12.6 Å². The van der Waals surface area contributed by atoms with Crippen molar-refractivity contribution < 1.29 is 9.59 Å². The van der Waals surface area contributed by atoms with Crippen LogP contribution in [0.1, 0.15) is 26.3 Å². The first-order valence-electron chi connectivity index (χ1n) is 9.10. The Morgan fingerprint density at radius 1 is 1.15 bits per heavy atom. The highest BCUT2D eigenvalue weighted by Crippen LogP contribution is 2.41. The lowest BCUT2D eigenvalue weighted by molar-refractivity contribution is 0.0945. The van der Waals surface area contributed by atoms with Gasteiger partial charge in [0.25, 0.3) is 17.4 Å². The average molecular weight is 366 g/mol. The number of nitrogens with one attached hydrogen (secondary N) is 3. The monoisotopic (exact) mass is 366 g/mol. The molecule has 0 spiro atoms. The van der Waals surface area contributed by atoms with Crippen LogP contribution in [0.2, 0.25) is 0 Å². The van der Waals surface area contributed by atoms with Gasteiger partial charge in [-0.3, -0.25) is 14.4 Å². The number of carbonyl (C=O) groups is 2. The summed E-state index contributed by atoms with van der Waals surface area (Å²) in [4.78, 5) is 37.6. The summed E-state index contributed by atoms with van der Waals surface area (Å²) in [5, 5.41) is 8.80. The number of rotatable bonds is 5. The Morgan fingerprint density at radius 2 is 1.85 bits per heavy atom. The molecule has 1 aromatic carbocycles. The van der Waals surface area contributed by atoms with Gasteiger partial charge in [0.1, 0.15) is 5.56 Å². The highest BCUT2D eigenvalue weighted by atomic mass is 16.2. The molecule has 2 aliphatic rings. The predicted octanol–water partition coefficient (Wildman–Crippen LogP) is 0.204. The van der Waals surface area contributed by atoms with Crippen LogP contribution >= 0.6 is 0 Å². The van der Waals surface area contributed by atoms with Gasteiger partial charge in [-0.05, 0) is 23.5 Å². The Balaban J connectivity index is 1.64. The Kier molecular flexibility index (Phi) is 4.53. The van der Waals surface area contributed by atoms with Gasteiger partial charge in [-0.15, -0.1) is 0 Å². The van der Waals surface area contributed by atoms with Crippen LogP contribution in [0.5, 0.6) is 0 Å². The molecule has 2 amide bonds. The third-order valence-corrected chi connectivity index (χ3v) is 5.41. The first-order chi connectivity index (χ1) is 13.1. The van der Waals surface area contributed by atoms with Crippen LogP contribution in [0, 0.1) is 11.8 Å². The summed E-state index contributed by atoms with van der Waals surface area (Å²) in [6, 6.07) is 11.0. The summed E-state index contributed by atoms with van der Waals surface area (Å²) in [6.45, 7) is 2.14. The van der Waals surface area contributed by atoms with Gasteiger partial charge in [-0.1, -0.05) is 30.3 Å². The lowest BCUT2D eigenvalue weighted by Crippen LogP contribution is -2.36. The fraction of sp³-hybridized carbons (Fsp3) is 0.350. The number of aromatic nitrogens is 1. The van der Waals surface area contributed by atoms with Gasteiger partial charge in [0.2, 0.25) is 0 Å². The average Bonchev–Trinajstić information content (AvgIpc) is 3.10. The number of piperidine rings is 1. The van der Waals surface area contributed by atoms with E-state index in [4.69, 9.17) is 0 Å². The van der Waals surface area contributed by atoms with E-state index in [1.807, 2.05) is 30.3 Å². The second-order valence-electron chi connectivity index (χ2n) is 7.13. The van der Waals surface area contributed by atoms with Gasteiger partial charge < -0.3 is 20.5 Å². The van der Waals surface area contributed by atoms with Crippen molar-refractivity contribution in [2.75, 3.05) is 20.1 Å². The first kappa shape index (κ1) is 17.5. The third kappa shape index (κ3) is 3.38. The van der Waals surface area contributed by atoms with Crippen molar-refractivity contribution in [1.29, 1.82) is 0 Å². The van der Waals surface area contributed by atoms with Gasteiger partial charge in [-0.25, -0.2) is 0 Å². The zero-order valence-corrected chi connectivity index (χ0v) is 15.1. The minimum atomic E-state index is -0.496. The van der Waals surface area contributed by atoms with E-state index < -0.39 is 11.5 Å². The number of fused-ring (bicyclic) bond motifs is 1. The number of carbonyl (C=O) groups excluding carboxylic acids is 2. The molecule has 1 saturated heterocycles. The third-order valence-electron chi connectivity index (χ3n) is 5.41. The van der Waals surface area contributed by atoms with Crippen LogP contribution in [0.15, 0.2) is 47.4 Å². The molecule has 2 heterocycles. The molecule has 0 unspecified atom stereocenters. The van der Waals surface area contributed by atoms with E-state index in [0.29, 0.717) is 23.9 Å². The van der Waals surface area contributed by atoms with Crippen LogP contribution < -0.4 is 21.5 Å². The molecule has 0 bridgehead atoms. The van der Waals surface area contributed by atoms with Gasteiger partial charge in [-0.2, -0.15) is 0 Å². The molecule has 7 nitrogen and oxygen atoms in total. The van der Waals surface area contributed by atoms with Crippen LogP contribution in [0.3, 0.4) is 0 Å². The molecular weight excluding hydrogens is 344 g/mol. The maximum atomic E-state index is 12.7. The summed E-state index contributed by atoms with van der Waals surface area (Å²) in [5.74, 6) is 0.232. The van der Waals surface area contributed by atoms with Crippen molar-refractivity contribution in [3.8, 4) is 0 Å². The lowest BCUT2D eigenvalue weighted by atomic mass is 10.1. The molecule has 0 radical (unpaired) electrons. The first-order valence-corrected chi connectivity index (χ1v) is 9.10. The van der Waals surface area contributed by atoms with Crippen molar-refractivity contribution >= 4 is 11.8 Å². The lowest BCUT2D eigenvalue weighted by Gasteiger charge is -2.13. The fourth-order valence-corrected chi connectivity index (χ4v) is 3.82. The maximum absolute atomic E-state index is 12.7. The fourth-order valence-electron chi connectivity index (χ4n) is 3.82. The molecule has 1 aromatic heterocycles. The number of hydrogen-bond donors (Lipinski definition) is 3. The van der Waals surface area contributed by atoms with Gasteiger partial charge in [0.15, 0.2) is 0 Å². The summed E-state index contributed by atoms with van der Waals surface area (Å²) in [7, 11) is 1.47. The molecule has 2 aromatic rings. The predicted molar refractivity (Wildman–Crippen MR) is 101 cm³/mol. The molecule has 27 heavy (non-hydrogen) atoms. The zero-order valence-electron chi connectivity index (χ0n) is 15.1. The Morgan fingerprint density at radius 3 is 2.52 bits per heavy atom. The second-order valence-corrected chi connectivity index (χ2v) is 7.13.